The van der Waals surface area contributed by atoms with E-state index in [1.165, 1.54) is 12.6 Å². The lowest BCUT2D eigenvalue weighted by Crippen LogP contribution is -2.48. The van der Waals surface area contributed by atoms with Gasteiger partial charge in [-0.05, 0) is 43.3 Å². The molecule has 0 spiro atoms. The molecular weight excluding hydrogens is 342 g/mol. The van der Waals surface area contributed by atoms with Crippen molar-refractivity contribution in [1.82, 2.24) is 4.90 Å². The summed E-state index contributed by atoms with van der Waals surface area (Å²) in [6, 6.07) is 15.1. The molecule has 6 heteroatoms. The molecule has 27 heavy (non-hydrogen) atoms. The van der Waals surface area contributed by atoms with Gasteiger partial charge >= 0.3 is 0 Å². The van der Waals surface area contributed by atoms with Crippen LogP contribution in [-0.4, -0.2) is 56.4 Å². The monoisotopic (exact) mass is 367 g/mol. The number of hydrogen-bond donors (Lipinski definition) is 1. The van der Waals surface area contributed by atoms with E-state index in [1.54, 1.807) is 31.4 Å². The number of methoxy groups -OCH3 is 1. The number of carbonyl (C=O) groups is 2. The lowest BCUT2D eigenvalue weighted by molar-refractivity contribution is -0.117. The fourth-order valence-corrected chi connectivity index (χ4v) is 3.18. The number of amides is 1. The summed E-state index contributed by atoms with van der Waals surface area (Å²) in [6.45, 7) is 5.27. The molecule has 0 atom stereocenters. The molecule has 1 aliphatic rings. The maximum atomic E-state index is 12.3. The van der Waals surface area contributed by atoms with Crippen LogP contribution in [0.1, 0.15) is 17.3 Å². The summed E-state index contributed by atoms with van der Waals surface area (Å²) in [5, 5.41) is 2.88. The Labute approximate surface area is 159 Å². The van der Waals surface area contributed by atoms with E-state index in [9.17, 15) is 9.59 Å². The molecule has 1 aliphatic heterocycles. The Morgan fingerprint density at radius 1 is 1.04 bits per heavy atom. The van der Waals surface area contributed by atoms with Crippen LogP contribution in [0, 0.1) is 0 Å². The van der Waals surface area contributed by atoms with Crippen LogP contribution in [0.4, 0.5) is 11.4 Å². The van der Waals surface area contributed by atoms with Crippen molar-refractivity contribution in [3.8, 4) is 5.75 Å². The number of anilines is 2. The molecule has 1 N–H and O–H groups in total. The summed E-state index contributed by atoms with van der Waals surface area (Å²) in [5.74, 6) is 0.775. The number of ketones is 1. The molecule has 0 radical (unpaired) electrons. The van der Waals surface area contributed by atoms with Crippen molar-refractivity contribution in [1.29, 1.82) is 0 Å². The minimum atomic E-state index is -0.0615. The highest BCUT2D eigenvalue weighted by Crippen LogP contribution is 2.20. The molecule has 0 aliphatic carbocycles. The number of ether oxygens (including phenoxy) is 1. The first-order valence-electron chi connectivity index (χ1n) is 9.07. The van der Waals surface area contributed by atoms with Gasteiger partial charge in [-0.2, -0.15) is 0 Å². The lowest BCUT2D eigenvalue weighted by Gasteiger charge is -2.35. The van der Waals surface area contributed by atoms with E-state index in [2.05, 4.69) is 27.2 Å². The van der Waals surface area contributed by atoms with E-state index < -0.39 is 0 Å². The second-order valence-corrected chi connectivity index (χ2v) is 6.65. The van der Waals surface area contributed by atoms with Gasteiger partial charge in [0.25, 0.3) is 0 Å². The van der Waals surface area contributed by atoms with Gasteiger partial charge in [0.05, 0.1) is 13.7 Å². The molecule has 1 fully saturated rings. The molecule has 6 nitrogen and oxygen atoms in total. The Hall–Kier alpha value is -2.86. The zero-order valence-electron chi connectivity index (χ0n) is 15.8. The third-order valence-corrected chi connectivity index (χ3v) is 4.73. The number of hydrogen-bond acceptors (Lipinski definition) is 5. The molecule has 1 saturated heterocycles. The second-order valence-electron chi connectivity index (χ2n) is 6.65. The van der Waals surface area contributed by atoms with E-state index in [0.29, 0.717) is 17.8 Å². The van der Waals surface area contributed by atoms with Gasteiger partial charge in [0.2, 0.25) is 5.91 Å². The van der Waals surface area contributed by atoms with Crippen LogP contribution in [-0.2, 0) is 4.79 Å². The molecule has 2 aromatic rings. The van der Waals surface area contributed by atoms with Crippen molar-refractivity contribution in [3.63, 3.8) is 0 Å². The highest BCUT2D eigenvalue weighted by atomic mass is 16.5. The molecule has 1 heterocycles. The molecule has 1 amide bonds. The molecule has 0 aromatic heterocycles. The first kappa shape index (κ1) is 18.9. The predicted octanol–water partition coefficient (Wildman–Crippen LogP) is 2.66. The largest absolute Gasteiger partial charge is 0.497 e. The van der Waals surface area contributed by atoms with E-state index >= 15 is 0 Å². The molecule has 0 bridgehead atoms. The number of carbonyl (C=O) groups excluding carboxylic acids is 2. The predicted molar refractivity (Wildman–Crippen MR) is 107 cm³/mol. The third-order valence-electron chi connectivity index (χ3n) is 4.73. The quantitative estimate of drug-likeness (QED) is 0.796. The minimum Gasteiger partial charge on any atom is -0.497 e. The van der Waals surface area contributed by atoms with Crippen molar-refractivity contribution >= 4 is 23.1 Å². The van der Waals surface area contributed by atoms with Crippen LogP contribution in [0.2, 0.25) is 0 Å². The van der Waals surface area contributed by atoms with Crippen LogP contribution in [0.15, 0.2) is 48.5 Å². The number of nitrogens with zero attached hydrogens (tertiary/aromatic N) is 2. The number of rotatable bonds is 6. The van der Waals surface area contributed by atoms with Crippen LogP contribution in [0.25, 0.3) is 0 Å². The van der Waals surface area contributed by atoms with Crippen LogP contribution < -0.4 is 15.0 Å². The van der Waals surface area contributed by atoms with Crippen LogP contribution >= 0.6 is 0 Å². The number of piperazine rings is 1. The normalized spacial score (nSPS) is 14.7. The Bertz CT molecular complexity index is 797. The lowest BCUT2D eigenvalue weighted by atomic mass is 10.1. The summed E-state index contributed by atoms with van der Waals surface area (Å²) in [7, 11) is 1.66. The highest BCUT2D eigenvalue weighted by molar-refractivity contribution is 5.97. The fourth-order valence-electron chi connectivity index (χ4n) is 3.18. The molecular formula is C21H25N3O3. The Morgan fingerprint density at radius 3 is 2.37 bits per heavy atom. The van der Waals surface area contributed by atoms with E-state index in [1.807, 2.05) is 12.1 Å². The topological polar surface area (TPSA) is 61.9 Å². The number of benzene rings is 2. The van der Waals surface area contributed by atoms with Crippen molar-refractivity contribution in [2.45, 2.75) is 6.92 Å². The summed E-state index contributed by atoms with van der Waals surface area (Å²) in [4.78, 5) is 28.2. The second kappa shape index (κ2) is 8.68. The average Bonchev–Trinajstić information content (AvgIpc) is 2.69. The standard InChI is InChI=1S/C21H25N3O3/c1-16(25)17-4-3-5-18(14-17)22-21(26)15-23-10-12-24(13-11-23)19-6-8-20(27-2)9-7-19/h3-9,14H,10-13,15H2,1-2H3,(H,22,26). The summed E-state index contributed by atoms with van der Waals surface area (Å²) in [6.07, 6.45) is 0. The number of nitrogens with one attached hydrogen (secondary N) is 1. The van der Waals surface area contributed by atoms with E-state index in [0.717, 1.165) is 31.9 Å². The Balaban J connectivity index is 1.49. The molecule has 2 aromatic carbocycles. The fraction of sp³-hybridized carbons (Fsp3) is 0.333. The van der Waals surface area contributed by atoms with E-state index in [-0.39, 0.29) is 11.7 Å². The molecule has 3 rings (SSSR count). The number of Topliss-reactive ketones (excluding diaryl/α,β-unsaturated/α-hetero) is 1. The van der Waals surface area contributed by atoms with Crippen molar-refractivity contribution in [3.05, 3.63) is 54.1 Å². The van der Waals surface area contributed by atoms with Gasteiger partial charge in [-0.15, -0.1) is 0 Å². The minimum absolute atomic E-state index is 0.0132. The van der Waals surface area contributed by atoms with Gasteiger partial charge in [-0.3, -0.25) is 14.5 Å². The average molecular weight is 367 g/mol. The summed E-state index contributed by atoms with van der Waals surface area (Å²) >= 11 is 0. The van der Waals surface area contributed by atoms with Crippen molar-refractivity contribution in [2.24, 2.45) is 0 Å². The maximum absolute atomic E-state index is 12.3. The van der Waals surface area contributed by atoms with Gasteiger partial charge in [0.15, 0.2) is 5.78 Å². The smallest absolute Gasteiger partial charge is 0.238 e. The van der Waals surface area contributed by atoms with Gasteiger partial charge in [0.1, 0.15) is 5.75 Å². The van der Waals surface area contributed by atoms with E-state index in [4.69, 9.17) is 4.74 Å². The SMILES string of the molecule is COc1ccc(N2CCN(CC(=O)Nc3cccc(C(C)=O)c3)CC2)cc1. The van der Waals surface area contributed by atoms with Gasteiger partial charge in [0, 0.05) is 43.1 Å². The van der Waals surface area contributed by atoms with Crippen LogP contribution in [0.5, 0.6) is 5.75 Å². The molecule has 0 saturated carbocycles. The zero-order chi connectivity index (χ0) is 19.2. The van der Waals surface area contributed by atoms with Gasteiger partial charge < -0.3 is 15.0 Å². The van der Waals surface area contributed by atoms with Gasteiger partial charge in [-0.1, -0.05) is 12.1 Å². The Morgan fingerprint density at radius 2 is 1.74 bits per heavy atom. The van der Waals surface area contributed by atoms with Gasteiger partial charge in [-0.25, -0.2) is 0 Å². The molecule has 142 valence electrons. The van der Waals surface area contributed by atoms with Crippen molar-refractivity contribution in [2.75, 3.05) is 50.1 Å². The summed E-state index contributed by atoms with van der Waals surface area (Å²) in [5.41, 5.74) is 2.42. The first-order chi connectivity index (χ1) is 13.0. The maximum Gasteiger partial charge on any atom is 0.238 e. The van der Waals surface area contributed by atoms with Crippen LogP contribution in [0.3, 0.4) is 0 Å². The zero-order valence-corrected chi connectivity index (χ0v) is 15.8. The summed E-state index contributed by atoms with van der Waals surface area (Å²) < 4.78 is 5.20. The first-order valence-corrected chi connectivity index (χ1v) is 9.07. The van der Waals surface area contributed by atoms with Crippen molar-refractivity contribution < 1.29 is 14.3 Å². The molecule has 0 unspecified atom stereocenters. The third kappa shape index (κ3) is 5.08. The highest BCUT2D eigenvalue weighted by Gasteiger charge is 2.19. The Kier molecular flexibility index (Phi) is 6.08.